The Labute approximate surface area is 189 Å². The van der Waals surface area contributed by atoms with Crippen LogP contribution in [0.2, 0.25) is 0 Å². The molecular formula is C26H30N2O4. The predicted octanol–water partition coefficient (Wildman–Crippen LogP) is 5.34. The lowest BCUT2D eigenvalue weighted by atomic mass is 9.82. The van der Waals surface area contributed by atoms with Gasteiger partial charge in [-0.2, -0.15) is 0 Å². The molecule has 32 heavy (non-hydrogen) atoms. The molecule has 2 aromatic carbocycles. The zero-order valence-corrected chi connectivity index (χ0v) is 19.1. The Hall–Kier alpha value is -3.41. The Kier molecular flexibility index (Phi) is 7.13. The number of nitrogens with one attached hydrogen (secondary N) is 1. The molecule has 1 amide bonds. The van der Waals surface area contributed by atoms with E-state index in [4.69, 9.17) is 4.74 Å². The summed E-state index contributed by atoms with van der Waals surface area (Å²) in [5, 5.41) is 13.2. The highest BCUT2D eigenvalue weighted by Gasteiger charge is 2.29. The Balaban J connectivity index is 1.63. The summed E-state index contributed by atoms with van der Waals surface area (Å²) < 4.78 is 5.60. The van der Waals surface area contributed by atoms with Gasteiger partial charge in [-0.25, -0.2) is 0 Å². The van der Waals surface area contributed by atoms with E-state index < -0.39 is 0 Å². The van der Waals surface area contributed by atoms with Crippen LogP contribution in [0.25, 0.3) is 5.76 Å². The first-order chi connectivity index (χ1) is 15.3. The van der Waals surface area contributed by atoms with Gasteiger partial charge in [0.15, 0.2) is 12.4 Å². The van der Waals surface area contributed by atoms with E-state index >= 15 is 0 Å². The zero-order chi connectivity index (χ0) is 23.3. The number of ether oxygens (including phenoxy) is 1. The molecule has 0 spiro atoms. The summed E-state index contributed by atoms with van der Waals surface area (Å²) in [4.78, 5) is 29.0. The maximum absolute atomic E-state index is 12.5. The summed E-state index contributed by atoms with van der Waals surface area (Å²) in [6.45, 7) is 8.95. The summed E-state index contributed by atoms with van der Waals surface area (Å²) in [5.41, 5.74) is 2.74. The van der Waals surface area contributed by atoms with E-state index in [0.29, 0.717) is 29.1 Å². The van der Waals surface area contributed by atoms with Crippen LogP contribution in [0, 0.1) is 0 Å². The summed E-state index contributed by atoms with van der Waals surface area (Å²) in [5.74, 6) is -0.104. The van der Waals surface area contributed by atoms with Gasteiger partial charge in [0.05, 0.1) is 5.57 Å². The number of hydrogen-bond donors (Lipinski definition) is 2. The minimum Gasteiger partial charge on any atom is -0.506 e. The largest absolute Gasteiger partial charge is 0.506 e. The van der Waals surface area contributed by atoms with Crippen molar-refractivity contribution in [3.8, 4) is 5.75 Å². The van der Waals surface area contributed by atoms with E-state index in [1.165, 1.54) is 11.8 Å². The van der Waals surface area contributed by atoms with Gasteiger partial charge in [0.25, 0.3) is 5.91 Å². The summed E-state index contributed by atoms with van der Waals surface area (Å²) in [7, 11) is 0. The topological polar surface area (TPSA) is 88.0 Å². The van der Waals surface area contributed by atoms with Crippen LogP contribution in [-0.2, 0) is 10.2 Å². The lowest BCUT2D eigenvalue weighted by Gasteiger charge is -2.23. The Morgan fingerprint density at radius 1 is 1.12 bits per heavy atom. The maximum Gasteiger partial charge on any atom is 0.262 e. The number of anilines is 1. The molecule has 6 nitrogen and oxygen atoms in total. The van der Waals surface area contributed by atoms with Crippen molar-refractivity contribution in [1.82, 2.24) is 0 Å². The Morgan fingerprint density at radius 2 is 1.84 bits per heavy atom. The predicted molar refractivity (Wildman–Crippen MR) is 128 cm³/mol. The van der Waals surface area contributed by atoms with E-state index in [9.17, 15) is 14.7 Å². The average molecular weight is 435 g/mol. The number of ketones is 1. The highest BCUT2D eigenvalue weighted by molar-refractivity contribution is 6.30. The molecule has 0 bridgehead atoms. The van der Waals surface area contributed by atoms with Gasteiger partial charge >= 0.3 is 0 Å². The molecule has 168 valence electrons. The summed E-state index contributed by atoms with van der Waals surface area (Å²) >= 11 is 0. The molecule has 2 N–H and O–H groups in total. The number of aliphatic imine (C=N–C) groups is 1. The number of amides is 1. The molecule has 0 aliphatic heterocycles. The molecule has 0 saturated carbocycles. The normalized spacial score (nSPS) is 13.6. The highest BCUT2D eigenvalue weighted by atomic mass is 16.5. The molecule has 6 heteroatoms. The van der Waals surface area contributed by atoms with E-state index in [1.807, 2.05) is 31.2 Å². The molecule has 0 saturated heterocycles. The van der Waals surface area contributed by atoms with Gasteiger partial charge < -0.3 is 15.2 Å². The second-order valence-corrected chi connectivity index (χ2v) is 8.49. The zero-order valence-electron chi connectivity index (χ0n) is 19.1. The lowest BCUT2D eigenvalue weighted by molar-refractivity contribution is -0.118. The third kappa shape index (κ3) is 5.07. The van der Waals surface area contributed by atoms with Gasteiger partial charge in [0.1, 0.15) is 11.5 Å². The van der Waals surface area contributed by atoms with Crippen molar-refractivity contribution >= 4 is 29.4 Å². The van der Waals surface area contributed by atoms with E-state index in [0.717, 1.165) is 12.8 Å². The van der Waals surface area contributed by atoms with Gasteiger partial charge in [0, 0.05) is 29.6 Å². The molecule has 0 atom stereocenters. The van der Waals surface area contributed by atoms with Gasteiger partial charge in [-0.1, -0.05) is 39.8 Å². The smallest absolute Gasteiger partial charge is 0.262 e. The molecule has 0 radical (unpaired) electrons. The molecular weight excluding hydrogens is 404 g/mol. The van der Waals surface area contributed by atoms with E-state index in [-0.39, 0.29) is 35.0 Å². The number of hydrogen-bond acceptors (Lipinski definition) is 5. The van der Waals surface area contributed by atoms with Crippen molar-refractivity contribution in [2.75, 3.05) is 18.5 Å². The fraction of sp³-hybridized carbons (Fsp3) is 0.346. The van der Waals surface area contributed by atoms with E-state index in [2.05, 4.69) is 31.1 Å². The number of fused-ring (bicyclic) bond motifs is 1. The van der Waals surface area contributed by atoms with Crippen LogP contribution in [-0.4, -0.2) is 36.2 Å². The number of benzene rings is 2. The molecule has 1 aliphatic rings. The number of carbonyl (C=O) groups excluding carboxylic acids is 2. The van der Waals surface area contributed by atoms with Crippen molar-refractivity contribution in [2.45, 2.75) is 46.0 Å². The van der Waals surface area contributed by atoms with Crippen molar-refractivity contribution in [3.63, 3.8) is 0 Å². The van der Waals surface area contributed by atoms with Gasteiger partial charge in [-0.3, -0.25) is 14.6 Å². The van der Waals surface area contributed by atoms with Crippen LogP contribution < -0.4 is 10.1 Å². The monoisotopic (exact) mass is 434 g/mol. The van der Waals surface area contributed by atoms with Crippen molar-refractivity contribution in [2.24, 2.45) is 4.99 Å². The van der Waals surface area contributed by atoms with Crippen molar-refractivity contribution in [3.05, 3.63) is 64.7 Å². The second-order valence-electron chi connectivity index (χ2n) is 8.49. The Bertz CT molecular complexity index is 1070. The molecule has 0 aromatic heterocycles. The minimum absolute atomic E-state index is 0.0899. The summed E-state index contributed by atoms with van der Waals surface area (Å²) in [6.07, 6.45) is 3.30. The van der Waals surface area contributed by atoms with Crippen LogP contribution in [0.4, 0.5) is 5.69 Å². The number of carbonyl (C=O) groups is 2. The number of nitrogens with zero attached hydrogens (tertiary/aromatic N) is 1. The Morgan fingerprint density at radius 3 is 2.50 bits per heavy atom. The van der Waals surface area contributed by atoms with Crippen molar-refractivity contribution < 1.29 is 19.4 Å². The number of Topliss-reactive ketones (excluding diaryl/α,β-unsaturated/α-hetero) is 1. The van der Waals surface area contributed by atoms with Gasteiger partial charge in [-0.05, 0) is 54.2 Å². The number of allylic oxidation sites excluding steroid dienone is 1. The van der Waals surface area contributed by atoms with Gasteiger partial charge in [-0.15, -0.1) is 0 Å². The molecule has 1 aliphatic carbocycles. The second kappa shape index (κ2) is 9.81. The standard InChI is InChI=1S/C26H30N2O4/c1-5-13-27-15-22-24(30)20-12-9-18(14-21(20)25(22)31)28-23(29)16-32-19-10-7-17(8-11-19)26(3,4)6-2/h7-12,14-15,31H,5-6,13,16H2,1-4H3,(H,28,29). The molecule has 0 heterocycles. The fourth-order valence-electron chi connectivity index (χ4n) is 3.37. The molecule has 2 aromatic rings. The van der Waals surface area contributed by atoms with Crippen LogP contribution >= 0.6 is 0 Å². The third-order valence-electron chi connectivity index (χ3n) is 5.77. The van der Waals surface area contributed by atoms with Crippen LogP contribution in [0.15, 0.2) is 53.0 Å². The number of aliphatic hydroxyl groups is 1. The molecule has 0 fully saturated rings. The quantitative estimate of drug-likeness (QED) is 0.522. The number of rotatable bonds is 9. The minimum atomic E-state index is -0.333. The highest BCUT2D eigenvalue weighted by Crippen LogP contribution is 2.32. The fourth-order valence-corrected chi connectivity index (χ4v) is 3.37. The number of aliphatic hydroxyl groups excluding tert-OH is 1. The van der Waals surface area contributed by atoms with Crippen LogP contribution in [0.3, 0.4) is 0 Å². The first kappa shape index (κ1) is 23.3. The average Bonchev–Trinajstić information content (AvgIpc) is 3.02. The first-order valence-corrected chi connectivity index (χ1v) is 10.9. The maximum atomic E-state index is 12.5. The lowest BCUT2D eigenvalue weighted by Crippen LogP contribution is -2.20. The van der Waals surface area contributed by atoms with Crippen LogP contribution in [0.1, 0.15) is 62.0 Å². The summed E-state index contributed by atoms with van der Waals surface area (Å²) in [6, 6.07) is 12.6. The molecule has 0 unspecified atom stereocenters. The SMILES string of the molecule is CCCN=CC1=C(O)c2cc(NC(=O)COc3ccc(C(C)(C)CC)cc3)ccc2C1=O. The van der Waals surface area contributed by atoms with Crippen molar-refractivity contribution in [1.29, 1.82) is 0 Å². The van der Waals surface area contributed by atoms with Gasteiger partial charge in [0.2, 0.25) is 0 Å². The van der Waals surface area contributed by atoms with Crippen LogP contribution in [0.5, 0.6) is 5.75 Å². The molecule has 3 rings (SSSR count). The first-order valence-electron chi connectivity index (χ1n) is 10.9. The van der Waals surface area contributed by atoms with E-state index in [1.54, 1.807) is 18.2 Å². The third-order valence-corrected chi connectivity index (χ3v) is 5.77.